The fourth-order valence-electron chi connectivity index (χ4n) is 1.99. The van der Waals surface area contributed by atoms with Crippen LogP contribution in [0, 0.1) is 5.41 Å². The Kier molecular flexibility index (Phi) is 3.23. The molecule has 0 radical (unpaired) electrons. The molecule has 3 N–H and O–H groups in total. The molecule has 0 spiro atoms. The van der Waals surface area contributed by atoms with Crippen LogP contribution in [0.2, 0.25) is 0 Å². The summed E-state index contributed by atoms with van der Waals surface area (Å²) >= 11 is 0. The molecule has 2 heterocycles. The first kappa shape index (κ1) is 11.8. The number of nitrogens with two attached hydrogens (primary N) is 1. The highest BCUT2D eigenvalue weighted by atomic mass is 16.5. The predicted octanol–water partition coefficient (Wildman–Crippen LogP) is 0.374. The number of rotatable bonds is 2. The molecular weight excluding hydrogens is 218 g/mol. The van der Waals surface area contributed by atoms with Gasteiger partial charge in [-0.05, 0) is 19.9 Å². The van der Waals surface area contributed by atoms with Crippen molar-refractivity contribution >= 4 is 11.8 Å². The zero-order valence-electron chi connectivity index (χ0n) is 10.1. The molecule has 1 fully saturated rings. The van der Waals surface area contributed by atoms with Crippen molar-refractivity contribution in [2.75, 3.05) is 18.0 Å². The second kappa shape index (κ2) is 4.67. The second-order valence-electron chi connectivity index (χ2n) is 4.32. The molecular formula is C11H17N5O. The first-order valence-electron chi connectivity index (χ1n) is 5.64. The largest absolute Gasteiger partial charge is 0.382 e. The minimum atomic E-state index is -0.0389. The van der Waals surface area contributed by atoms with Crippen molar-refractivity contribution in [3.63, 3.8) is 0 Å². The molecule has 0 bridgehead atoms. The van der Waals surface area contributed by atoms with Crippen LogP contribution in [0.25, 0.3) is 0 Å². The van der Waals surface area contributed by atoms with E-state index in [4.69, 9.17) is 15.9 Å². The molecule has 0 aromatic carbocycles. The zero-order chi connectivity index (χ0) is 12.4. The van der Waals surface area contributed by atoms with E-state index in [0.29, 0.717) is 11.6 Å². The van der Waals surface area contributed by atoms with Gasteiger partial charge in [0.15, 0.2) is 0 Å². The Bertz CT molecular complexity index is 412. The number of nitrogens with zero attached hydrogens (tertiary/aromatic N) is 3. The van der Waals surface area contributed by atoms with Crippen LogP contribution in [0.1, 0.15) is 19.5 Å². The van der Waals surface area contributed by atoms with Crippen molar-refractivity contribution in [3.8, 4) is 0 Å². The smallest absolute Gasteiger partial charge is 0.226 e. The Morgan fingerprint density at radius 3 is 2.71 bits per heavy atom. The van der Waals surface area contributed by atoms with Gasteiger partial charge in [-0.1, -0.05) is 0 Å². The molecule has 1 saturated heterocycles. The summed E-state index contributed by atoms with van der Waals surface area (Å²) in [4.78, 5) is 10.6. The van der Waals surface area contributed by atoms with Gasteiger partial charge in [0.2, 0.25) is 5.95 Å². The molecule has 2 atom stereocenters. The summed E-state index contributed by atoms with van der Waals surface area (Å²) in [5.41, 5.74) is 5.88. The van der Waals surface area contributed by atoms with Crippen molar-refractivity contribution in [2.24, 2.45) is 5.73 Å². The van der Waals surface area contributed by atoms with Gasteiger partial charge in [-0.3, -0.25) is 5.41 Å². The quantitative estimate of drug-likeness (QED) is 0.571. The van der Waals surface area contributed by atoms with Gasteiger partial charge < -0.3 is 15.4 Å². The lowest BCUT2D eigenvalue weighted by molar-refractivity contribution is -0.00572. The summed E-state index contributed by atoms with van der Waals surface area (Å²) < 4.78 is 5.65. The lowest BCUT2D eigenvalue weighted by Gasteiger charge is -2.35. The van der Waals surface area contributed by atoms with Crippen LogP contribution in [0.5, 0.6) is 0 Å². The Morgan fingerprint density at radius 1 is 1.47 bits per heavy atom. The number of nitrogens with one attached hydrogen (secondary N) is 1. The summed E-state index contributed by atoms with van der Waals surface area (Å²) in [5.74, 6) is 0.572. The van der Waals surface area contributed by atoms with Gasteiger partial charge in [0.05, 0.1) is 12.2 Å². The molecule has 1 aromatic heterocycles. The lowest BCUT2D eigenvalue weighted by Crippen LogP contribution is -2.46. The third kappa shape index (κ3) is 2.71. The van der Waals surface area contributed by atoms with Crippen molar-refractivity contribution in [2.45, 2.75) is 26.1 Å². The molecule has 1 aromatic rings. The van der Waals surface area contributed by atoms with E-state index in [9.17, 15) is 0 Å². The molecule has 2 rings (SSSR count). The molecule has 0 amide bonds. The third-order valence-electron chi connectivity index (χ3n) is 2.62. The van der Waals surface area contributed by atoms with E-state index in [1.165, 1.54) is 0 Å². The fraction of sp³-hybridized carbons (Fsp3) is 0.545. The monoisotopic (exact) mass is 235 g/mol. The molecule has 2 unspecified atom stereocenters. The number of amidine groups is 1. The molecule has 1 aliphatic rings. The van der Waals surface area contributed by atoms with Crippen LogP contribution in [-0.2, 0) is 4.74 Å². The average molecular weight is 235 g/mol. The molecule has 6 heteroatoms. The molecule has 6 nitrogen and oxygen atoms in total. The first-order chi connectivity index (χ1) is 8.06. The normalized spacial score (nSPS) is 24.7. The van der Waals surface area contributed by atoms with E-state index in [0.717, 1.165) is 13.1 Å². The maximum atomic E-state index is 7.37. The highest BCUT2D eigenvalue weighted by molar-refractivity contribution is 5.93. The van der Waals surface area contributed by atoms with Gasteiger partial charge in [0.1, 0.15) is 11.5 Å². The van der Waals surface area contributed by atoms with Crippen molar-refractivity contribution in [1.29, 1.82) is 5.41 Å². The van der Waals surface area contributed by atoms with Gasteiger partial charge in [-0.15, -0.1) is 0 Å². The fourth-order valence-corrected chi connectivity index (χ4v) is 1.99. The number of morpholine rings is 1. The number of anilines is 1. The Balaban J connectivity index is 2.21. The summed E-state index contributed by atoms with van der Waals surface area (Å²) in [6, 6.07) is 1.64. The highest BCUT2D eigenvalue weighted by Gasteiger charge is 2.24. The first-order valence-corrected chi connectivity index (χ1v) is 5.64. The van der Waals surface area contributed by atoms with Crippen LogP contribution < -0.4 is 10.6 Å². The minimum absolute atomic E-state index is 0.0389. The van der Waals surface area contributed by atoms with Gasteiger partial charge in [0.25, 0.3) is 0 Å². The summed E-state index contributed by atoms with van der Waals surface area (Å²) in [5, 5.41) is 7.37. The molecule has 1 aliphatic heterocycles. The molecule has 0 aliphatic carbocycles. The Labute approximate surface area is 100 Å². The number of hydrogen-bond acceptors (Lipinski definition) is 5. The zero-order valence-corrected chi connectivity index (χ0v) is 10.1. The number of nitrogen functional groups attached to an aromatic ring is 1. The highest BCUT2D eigenvalue weighted by Crippen LogP contribution is 2.16. The van der Waals surface area contributed by atoms with Crippen LogP contribution in [-0.4, -0.2) is 41.1 Å². The lowest BCUT2D eigenvalue weighted by atomic mass is 10.2. The van der Waals surface area contributed by atoms with E-state index >= 15 is 0 Å². The van der Waals surface area contributed by atoms with Gasteiger partial charge in [0, 0.05) is 19.3 Å². The summed E-state index contributed by atoms with van der Waals surface area (Å²) in [6.07, 6.45) is 1.94. The Morgan fingerprint density at radius 2 is 2.12 bits per heavy atom. The van der Waals surface area contributed by atoms with Gasteiger partial charge in [-0.2, -0.15) is 0 Å². The van der Waals surface area contributed by atoms with E-state index in [1.54, 1.807) is 12.3 Å². The number of hydrogen-bond donors (Lipinski definition) is 2. The maximum Gasteiger partial charge on any atom is 0.226 e. The maximum absolute atomic E-state index is 7.37. The van der Waals surface area contributed by atoms with Gasteiger partial charge >= 0.3 is 0 Å². The van der Waals surface area contributed by atoms with Crippen LogP contribution in [0.15, 0.2) is 12.3 Å². The Hall–Kier alpha value is -1.69. The summed E-state index contributed by atoms with van der Waals surface area (Å²) in [6.45, 7) is 5.56. The van der Waals surface area contributed by atoms with E-state index < -0.39 is 0 Å². The predicted molar refractivity (Wildman–Crippen MR) is 65.3 cm³/mol. The third-order valence-corrected chi connectivity index (χ3v) is 2.62. The van der Waals surface area contributed by atoms with Crippen LogP contribution in [0.3, 0.4) is 0 Å². The van der Waals surface area contributed by atoms with Gasteiger partial charge in [-0.25, -0.2) is 9.97 Å². The molecule has 0 saturated carbocycles. The SMILES string of the molecule is CC1CN(c2nccc(C(=N)N)n2)CC(C)O1. The number of aromatic nitrogens is 2. The van der Waals surface area contributed by atoms with Crippen molar-refractivity contribution in [1.82, 2.24) is 9.97 Å². The number of ether oxygens (including phenoxy) is 1. The minimum Gasteiger partial charge on any atom is -0.382 e. The topological polar surface area (TPSA) is 88.1 Å². The van der Waals surface area contributed by atoms with Crippen molar-refractivity contribution < 1.29 is 4.74 Å². The molecule has 17 heavy (non-hydrogen) atoms. The van der Waals surface area contributed by atoms with Crippen LogP contribution >= 0.6 is 0 Å². The van der Waals surface area contributed by atoms with E-state index in [-0.39, 0.29) is 18.0 Å². The van der Waals surface area contributed by atoms with E-state index in [2.05, 4.69) is 14.9 Å². The average Bonchev–Trinajstić information content (AvgIpc) is 2.28. The second-order valence-corrected chi connectivity index (χ2v) is 4.32. The van der Waals surface area contributed by atoms with Crippen LogP contribution in [0.4, 0.5) is 5.95 Å². The van der Waals surface area contributed by atoms with E-state index in [1.807, 2.05) is 13.8 Å². The summed E-state index contributed by atoms with van der Waals surface area (Å²) in [7, 11) is 0. The molecule has 92 valence electrons. The standard InChI is InChI=1S/C11H17N5O/c1-7-5-16(6-8(2)17-7)11-14-4-3-9(15-11)10(12)13/h3-4,7-8H,5-6H2,1-2H3,(H3,12,13). The van der Waals surface area contributed by atoms with Crippen molar-refractivity contribution in [3.05, 3.63) is 18.0 Å².